The summed E-state index contributed by atoms with van der Waals surface area (Å²) >= 11 is 7.76. The van der Waals surface area contributed by atoms with Gasteiger partial charge in [-0.1, -0.05) is 29.8 Å². The van der Waals surface area contributed by atoms with Gasteiger partial charge in [0.1, 0.15) is 17.3 Å². The van der Waals surface area contributed by atoms with E-state index in [-0.39, 0.29) is 28.5 Å². The number of methoxy groups -OCH3 is 1. The maximum absolute atomic E-state index is 13.2. The molecule has 1 aromatic heterocycles. The van der Waals surface area contributed by atoms with Gasteiger partial charge >= 0.3 is 0 Å². The number of ether oxygens (including phenoxy) is 2. The topological polar surface area (TPSA) is 76.1 Å². The van der Waals surface area contributed by atoms with Gasteiger partial charge in [-0.15, -0.1) is 11.3 Å². The van der Waals surface area contributed by atoms with Crippen LogP contribution in [0.4, 0.5) is 0 Å². The number of aliphatic hydroxyl groups excluding tert-OH is 1. The van der Waals surface area contributed by atoms with Gasteiger partial charge < -0.3 is 19.5 Å². The van der Waals surface area contributed by atoms with Gasteiger partial charge in [0, 0.05) is 17.0 Å². The minimum Gasteiger partial charge on any atom is -0.507 e. The van der Waals surface area contributed by atoms with E-state index in [0.29, 0.717) is 18.1 Å². The molecule has 33 heavy (non-hydrogen) atoms. The van der Waals surface area contributed by atoms with Crippen LogP contribution in [0, 0.1) is 0 Å². The third kappa shape index (κ3) is 4.47. The van der Waals surface area contributed by atoms with Crippen LogP contribution < -0.4 is 9.47 Å². The average Bonchev–Trinajstić information content (AvgIpc) is 3.43. The largest absolute Gasteiger partial charge is 0.507 e. The normalized spacial score (nSPS) is 17.4. The molecule has 170 valence electrons. The Balaban J connectivity index is 1.83. The number of thiophene rings is 1. The summed E-state index contributed by atoms with van der Waals surface area (Å²) in [6.07, 6.45) is 0. The van der Waals surface area contributed by atoms with Crippen LogP contribution in [0.25, 0.3) is 5.76 Å². The lowest BCUT2D eigenvalue weighted by atomic mass is 9.99. The number of Topliss-reactive ketones (excluding diaryl/α,β-unsaturated/α-hetero) is 1. The van der Waals surface area contributed by atoms with Crippen LogP contribution in [0.2, 0.25) is 5.02 Å². The molecule has 2 aromatic carbocycles. The van der Waals surface area contributed by atoms with Crippen LogP contribution in [0.1, 0.15) is 29.0 Å². The van der Waals surface area contributed by atoms with Gasteiger partial charge in [0.2, 0.25) is 0 Å². The van der Waals surface area contributed by atoms with Crippen molar-refractivity contribution in [3.05, 3.63) is 86.6 Å². The van der Waals surface area contributed by atoms with Gasteiger partial charge in [0.05, 0.1) is 30.4 Å². The van der Waals surface area contributed by atoms with Crippen LogP contribution in [-0.2, 0) is 16.1 Å². The van der Waals surface area contributed by atoms with Crippen molar-refractivity contribution in [2.24, 2.45) is 0 Å². The lowest BCUT2D eigenvalue weighted by Crippen LogP contribution is -2.28. The Labute approximate surface area is 200 Å². The van der Waals surface area contributed by atoms with Crippen molar-refractivity contribution >= 4 is 40.4 Å². The Morgan fingerprint density at radius 3 is 2.64 bits per heavy atom. The highest BCUT2D eigenvalue weighted by Crippen LogP contribution is 2.43. The summed E-state index contributed by atoms with van der Waals surface area (Å²) in [7, 11) is 1.57. The zero-order valence-electron chi connectivity index (χ0n) is 18.1. The standard InChI is InChI=1S/C25H22ClNO5S/c1-3-32-17-9-10-19(26)18(13-17)23(28)21-22(20-8-5-11-33-20)27(25(30)24(21)29)14-15-6-4-7-16(12-15)31-2/h4-13,22,28H,3,14H2,1-2H3/b23-21-. The molecule has 1 unspecified atom stereocenters. The Morgan fingerprint density at radius 1 is 1.12 bits per heavy atom. The van der Waals surface area contributed by atoms with Crippen molar-refractivity contribution in [3.63, 3.8) is 0 Å². The van der Waals surface area contributed by atoms with Crippen molar-refractivity contribution in [3.8, 4) is 11.5 Å². The first-order chi connectivity index (χ1) is 15.9. The fourth-order valence-corrected chi connectivity index (χ4v) is 4.89. The molecule has 4 rings (SSSR count). The number of carbonyl (C=O) groups is 2. The second-order valence-electron chi connectivity index (χ2n) is 7.37. The van der Waals surface area contributed by atoms with E-state index in [4.69, 9.17) is 21.1 Å². The summed E-state index contributed by atoms with van der Waals surface area (Å²) in [5.74, 6) is -0.619. The highest BCUT2D eigenvalue weighted by molar-refractivity contribution is 7.10. The van der Waals surface area contributed by atoms with E-state index in [1.54, 1.807) is 25.3 Å². The van der Waals surface area contributed by atoms with Crippen molar-refractivity contribution < 1.29 is 24.2 Å². The van der Waals surface area contributed by atoms with Crippen LogP contribution in [0.15, 0.2) is 65.6 Å². The quantitative estimate of drug-likeness (QED) is 0.275. The maximum atomic E-state index is 13.2. The van der Waals surface area contributed by atoms with Crippen LogP contribution in [0.5, 0.6) is 11.5 Å². The number of carbonyl (C=O) groups excluding carboxylic acids is 2. The molecule has 1 atom stereocenters. The summed E-state index contributed by atoms with van der Waals surface area (Å²) in [6.45, 7) is 2.45. The highest BCUT2D eigenvalue weighted by atomic mass is 35.5. The molecule has 2 heterocycles. The number of benzene rings is 2. The fourth-order valence-electron chi connectivity index (χ4n) is 3.84. The van der Waals surface area contributed by atoms with Crippen LogP contribution in [-0.4, -0.2) is 35.4 Å². The number of halogens is 1. The Hall–Kier alpha value is -3.29. The first-order valence-corrected chi connectivity index (χ1v) is 11.6. The van der Waals surface area contributed by atoms with Crippen LogP contribution >= 0.6 is 22.9 Å². The number of ketones is 1. The molecule has 3 aromatic rings. The third-order valence-corrected chi connectivity index (χ3v) is 6.60. The minimum absolute atomic E-state index is 0.000828. The van der Waals surface area contributed by atoms with E-state index >= 15 is 0 Å². The summed E-state index contributed by atoms with van der Waals surface area (Å²) in [5, 5.41) is 13.4. The van der Waals surface area contributed by atoms with Gasteiger partial charge in [-0.2, -0.15) is 0 Å². The highest BCUT2D eigenvalue weighted by Gasteiger charge is 2.46. The molecule has 1 aliphatic heterocycles. The predicted octanol–water partition coefficient (Wildman–Crippen LogP) is 5.43. The number of nitrogens with zero attached hydrogens (tertiary/aromatic N) is 1. The van der Waals surface area contributed by atoms with E-state index in [2.05, 4.69) is 0 Å². The molecule has 0 bridgehead atoms. The number of amides is 1. The van der Waals surface area contributed by atoms with Gasteiger partial charge in [0.25, 0.3) is 11.7 Å². The molecular weight excluding hydrogens is 462 g/mol. The molecule has 1 aliphatic rings. The molecule has 0 aliphatic carbocycles. The van der Waals surface area contributed by atoms with Crippen LogP contribution in [0.3, 0.4) is 0 Å². The molecule has 1 N–H and O–H groups in total. The summed E-state index contributed by atoms with van der Waals surface area (Å²) < 4.78 is 10.8. The molecule has 6 nitrogen and oxygen atoms in total. The van der Waals surface area contributed by atoms with Crippen molar-refractivity contribution in [2.45, 2.75) is 19.5 Å². The van der Waals surface area contributed by atoms with E-state index in [1.165, 1.54) is 16.2 Å². The Bertz CT molecular complexity index is 1220. The van der Waals surface area contributed by atoms with Gasteiger partial charge in [-0.3, -0.25) is 9.59 Å². The zero-order valence-corrected chi connectivity index (χ0v) is 19.7. The average molecular weight is 484 g/mol. The SMILES string of the molecule is CCOc1ccc(Cl)c(/C(O)=C2/C(=O)C(=O)N(Cc3cccc(OC)c3)C2c2cccs2)c1. The monoisotopic (exact) mass is 483 g/mol. The molecule has 0 spiro atoms. The molecule has 0 saturated carbocycles. The summed E-state index contributed by atoms with van der Waals surface area (Å²) in [4.78, 5) is 28.5. The number of aliphatic hydroxyl groups is 1. The Kier molecular flexibility index (Phi) is 6.72. The second-order valence-corrected chi connectivity index (χ2v) is 8.76. The predicted molar refractivity (Wildman–Crippen MR) is 128 cm³/mol. The number of hydrogen-bond donors (Lipinski definition) is 1. The van der Waals surface area contributed by atoms with Gasteiger partial charge in [0.15, 0.2) is 0 Å². The van der Waals surface area contributed by atoms with Crippen molar-refractivity contribution in [1.82, 2.24) is 4.90 Å². The van der Waals surface area contributed by atoms with E-state index in [9.17, 15) is 14.7 Å². The van der Waals surface area contributed by atoms with Gasteiger partial charge in [-0.25, -0.2) is 0 Å². The first-order valence-electron chi connectivity index (χ1n) is 10.3. The van der Waals surface area contributed by atoms with Crippen molar-refractivity contribution in [2.75, 3.05) is 13.7 Å². The number of rotatable bonds is 7. The number of likely N-dealkylation sites (tertiary alicyclic amines) is 1. The second kappa shape index (κ2) is 9.68. The van der Waals surface area contributed by atoms with Crippen molar-refractivity contribution in [1.29, 1.82) is 0 Å². The third-order valence-electron chi connectivity index (χ3n) is 5.34. The number of hydrogen-bond acceptors (Lipinski definition) is 6. The lowest BCUT2D eigenvalue weighted by Gasteiger charge is -2.24. The first kappa shape index (κ1) is 22.9. The summed E-state index contributed by atoms with van der Waals surface area (Å²) in [6, 6.07) is 15.1. The van der Waals surface area contributed by atoms with Gasteiger partial charge in [-0.05, 0) is 54.3 Å². The molecular formula is C25H22ClNO5S. The lowest BCUT2D eigenvalue weighted by molar-refractivity contribution is -0.140. The molecule has 1 fully saturated rings. The smallest absolute Gasteiger partial charge is 0.295 e. The molecule has 0 radical (unpaired) electrons. The fraction of sp³-hybridized carbons (Fsp3) is 0.200. The van der Waals surface area contributed by atoms with E-state index in [0.717, 1.165) is 10.4 Å². The minimum atomic E-state index is -0.758. The zero-order chi connectivity index (χ0) is 23.5. The Morgan fingerprint density at radius 2 is 1.94 bits per heavy atom. The maximum Gasteiger partial charge on any atom is 0.295 e. The van der Waals surface area contributed by atoms with E-state index in [1.807, 2.05) is 48.7 Å². The molecule has 8 heteroatoms. The summed E-state index contributed by atoms with van der Waals surface area (Å²) in [5.41, 5.74) is 1.04. The molecule has 1 amide bonds. The molecule has 1 saturated heterocycles. The van der Waals surface area contributed by atoms with E-state index < -0.39 is 17.7 Å².